The van der Waals surface area contributed by atoms with Crippen molar-refractivity contribution >= 4 is 11.3 Å². The van der Waals surface area contributed by atoms with Gasteiger partial charge in [0.15, 0.2) is 0 Å². The summed E-state index contributed by atoms with van der Waals surface area (Å²) in [7, 11) is 0. The van der Waals surface area contributed by atoms with Crippen molar-refractivity contribution in [1.82, 2.24) is 10.3 Å². The van der Waals surface area contributed by atoms with E-state index in [0.717, 1.165) is 29.2 Å². The van der Waals surface area contributed by atoms with Crippen molar-refractivity contribution in [2.75, 3.05) is 6.54 Å². The maximum Gasteiger partial charge on any atom is 0.126 e. The van der Waals surface area contributed by atoms with Gasteiger partial charge in [0.1, 0.15) is 5.82 Å². The van der Waals surface area contributed by atoms with E-state index in [1.54, 1.807) is 17.4 Å². The van der Waals surface area contributed by atoms with Gasteiger partial charge in [-0.3, -0.25) is 0 Å². The lowest BCUT2D eigenvalue weighted by Gasteiger charge is -2.05. The minimum Gasteiger partial charge on any atom is -0.309 e. The quantitative estimate of drug-likeness (QED) is 0.918. The molecule has 0 aliphatic carbocycles. The molecule has 1 aliphatic heterocycles. The molecule has 0 radical (unpaired) electrons. The van der Waals surface area contributed by atoms with Crippen LogP contribution in [-0.2, 0) is 6.42 Å². The average Bonchev–Trinajstić information content (AvgIpc) is 3.02. The molecule has 94 valence electrons. The Balaban J connectivity index is 1.75. The van der Waals surface area contributed by atoms with Gasteiger partial charge < -0.3 is 5.32 Å². The summed E-state index contributed by atoms with van der Waals surface area (Å²) in [6, 6.07) is 7.31. The van der Waals surface area contributed by atoms with Gasteiger partial charge in [-0.05, 0) is 31.0 Å². The fourth-order valence-corrected chi connectivity index (χ4v) is 3.18. The number of rotatable bonds is 3. The third-order valence-corrected chi connectivity index (χ3v) is 4.15. The van der Waals surface area contributed by atoms with Crippen molar-refractivity contribution in [3.8, 4) is 0 Å². The molecular formula is C14H15FN2S. The van der Waals surface area contributed by atoms with E-state index in [4.69, 9.17) is 0 Å². The van der Waals surface area contributed by atoms with Crippen LogP contribution in [-0.4, -0.2) is 11.5 Å². The van der Waals surface area contributed by atoms with E-state index >= 15 is 0 Å². The Morgan fingerprint density at radius 1 is 1.39 bits per heavy atom. The number of aromatic nitrogens is 1. The number of hydrogen-bond acceptors (Lipinski definition) is 3. The smallest absolute Gasteiger partial charge is 0.126 e. The number of benzene rings is 1. The lowest BCUT2D eigenvalue weighted by molar-refractivity contribution is 0.612. The zero-order valence-corrected chi connectivity index (χ0v) is 10.8. The molecule has 1 aliphatic rings. The number of nitrogens with one attached hydrogen (secondary N) is 1. The first-order valence-corrected chi connectivity index (χ1v) is 7.12. The molecule has 2 heterocycles. The lowest BCUT2D eigenvalue weighted by Crippen LogP contribution is -2.13. The predicted molar refractivity (Wildman–Crippen MR) is 71.3 cm³/mol. The molecular weight excluding hydrogens is 247 g/mol. The van der Waals surface area contributed by atoms with Crippen LogP contribution < -0.4 is 5.32 Å². The molecule has 2 aromatic rings. The maximum absolute atomic E-state index is 13.5. The van der Waals surface area contributed by atoms with Gasteiger partial charge in [0.05, 0.1) is 16.7 Å². The van der Waals surface area contributed by atoms with Crippen LogP contribution >= 0.6 is 11.3 Å². The highest BCUT2D eigenvalue weighted by atomic mass is 32.1. The molecule has 1 atom stereocenters. The van der Waals surface area contributed by atoms with E-state index in [-0.39, 0.29) is 5.82 Å². The monoisotopic (exact) mass is 262 g/mol. The van der Waals surface area contributed by atoms with E-state index in [2.05, 4.69) is 15.7 Å². The first kappa shape index (κ1) is 11.8. The predicted octanol–water partition coefficient (Wildman–Crippen LogP) is 3.30. The highest BCUT2D eigenvalue weighted by molar-refractivity contribution is 7.09. The van der Waals surface area contributed by atoms with Gasteiger partial charge in [-0.1, -0.05) is 18.2 Å². The first-order valence-electron chi connectivity index (χ1n) is 6.24. The largest absolute Gasteiger partial charge is 0.309 e. The summed E-state index contributed by atoms with van der Waals surface area (Å²) >= 11 is 1.62. The first-order chi connectivity index (χ1) is 8.83. The van der Waals surface area contributed by atoms with Crippen LogP contribution in [0.2, 0.25) is 0 Å². The maximum atomic E-state index is 13.5. The number of nitrogens with zero attached hydrogens (tertiary/aromatic N) is 1. The lowest BCUT2D eigenvalue weighted by atomic mass is 10.1. The number of halogens is 1. The highest BCUT2D eigenvalue weighted by Crippen LogP contribution is 2.25. The van der Waals surface area contributed by atoms with Crippen LogP contribution in [0.4, 0.5) is 4.39 Å². The molecule has 1 aromatic heterocycles. The Morgan fingerprint density at radius 2 is 2.28 bits per heavy atom. The molecule has 1 aromatic carbocycles. The Hall–Kier alpha value is -1.26. The zero-order valence-electron chi connectivity index (χ0n) is 10.0. The average molecular weight is 262 g/mol. The molecule has 0 saturated carbocycles. The molecule has 0 bridgehead atoms. The van der Waals surface area contributed by atoms with Gasteiger partial charge in [0.25, 0.3) is 0 Å². The van der Waals surface area contributed by atoms with Crippen molar-refractivity contribution in [2.24, 2.45) is 0 Å². The molecule has 4 heteroatoms. The molecule has 3 rings (SSSR count). The van der Waals surface area contributed by atoms with Crippen molar-refractivity contribution in [3.63, 3.8) is 0 Å². The minimum atomic E-state index is -0.145. The Bertz CT molecular complexity index is 532. The summed E-state index contributed by atoms with van der Waals surface area (Å²) in [6.07, 6.45) is 2.96. The van der Waals surface area contributed by atoms with Crippen molar-refractivity contribution in [3.05, 3.63) is 51.7 Å². The Labute approximate surface area is 110 Å². The Morgan fingerprint density at radius 3 is 3.06 bits per heavy atom. The van der Waals surface area contributed by atoms with Gasteiger partial charge in [0.2, 0.25) is 0 Å². The highest BCUT2D eigenvalue weighted by Gasteiger charge is 2.19. The third kappa shape index (κ3) is 2.44. The summed E-state index contributed by atoms with van der Waals surface area (Å²) in [5, 5.41) is 6.52. The second kappa shape index (κ2) is 5.16. The fraction of sp³-hybridized carbons (Fsp3) is 0.357. The van der Waals surface area contributed by atoms with E-state index < -0.39 is 0 Å². The van der Waals surface area contributed by atoms with Gasteiger partial charge >= 0.3 is 0 Å². The van der Waals surface area contributed by atoms with Gasteiger partial charge in [-0.2, -0.15) is 0 Å². The third-order valence-electron chi connectivity index (χ3n) is 3.29. The second-order valence-electron chi connectivity index (χ2n) is 4.58. The fourth-order valence-electron chi connectivity index (χ4n) is 2.31. The molecule has 1 saturated heterocycles. The molecule has 2 nitrogen and oxygen atoms in total. The van der Waals surface area contributed by atoms with Crippen LogP contribution in [0, 0.1) is 5.82 Å². The molecule has 1 N–H and O–H groups in total. The minimum absolute atomic E-state index is 0.145. The van der Waals surface area contributed by atoms with Gasteiger partial charge in [-0.15, -0.1) is 11.3 Å². The van der Waals surface area contributed by atoms with E-state index in [1.165, 1.54) is 12.5 Å². The SMILES string of the molecule is Fc1ccccc1Cc1nc([C@@H]2CCCN2)cs1. The van der Waals surface area contributed by atoms with E-state index in [9.17, 15) is 4.39 Å². The summed E-state index contributed by atoms with van der Waals surface area (Å²) in [4.78, 5) is 4.62. The molecule has 0 amide bonds. The van der Waals surface area contributed by atoms with Crippen LogP contribution in [0.25, 0.3) is 0 Å². The van der Waals surface area contributed by atoms with E-state index in [0.29, 0.717) is 12.5 Å². The summed E-state index contributed by atoms with van der Waals surface area (Å²) in [5.74, 6) is -0.145. The molecule has 18 heavy (non-hydrogen) atoms. The Kier molecular flexibility index (Phi) is 3.39. The van der Waals surface area contributed by atoms with Gasteiger partial charge in [0, 0.05) is 11.8 Å². The normalized spacial score (nSPS) is 19.3. The number of thiazole rings is 1. The summed E-state index contributed by atoms with van der Waals surface area (Å²) < 4.78 is 13.5. The summed E-state index contributed by atoms with van der Waals surface area (Å²) in [6.45, 7) is 1.07. The van der Waals surface area contributed by atoms with Gasteiger partial charge in [-0.25, -0.2) is 9.37 Å². The van der Waals surface area contributed by atoms with Crippen LogP contribution in [0.3, 0.4) is 0 Å². The number of hydrogen-bond donors (Lipinski definition) is 1. The van der Waals surface area contributed by atoms with E-state index in [1.807, 2.05) is 12.1 Å². The standard InChI is InChI=1S/C14H15FN2S/c15-11-5-2-1-4-10(11)8-14-17-13(9-18-14)12-6-3-7-16-12/h1-2,4-5,9,12,16H,3,6-8H2/t12-/m0/s1. The van der Waals surface area contributed by atoms with Crippen molar-refractivity contribution < 1.29 is 4.39 Å². The summed E-state index contributed by atoms with van der Waals surface area (Å²) in [5.41, 5.74) is 1.83. The second-order valence-corrected chi connectivity index (χ2v) is 5.53. The van der Waals surface area contributed by atoms with Crippen molar-refractivity contribution in [2.45, 2.75) is 25.3 Å². The molecule has 0 unspecified atom stereocenters. The van der Waals surface area contributed by atoms with Crippen molar-refractivity contribution in [1.29, 1.82) is 0 Å². The molecule has 1 fully saturated rings. The topological polar surface area (TPSA) is 24.9 Å². The van der Waals surface area contributed by atoms with Crippen LogP contribution in [0.15, 0.2) is 29.6 Å². The zero-order chi connectivity index (χ0) is 12.4. The molecule has 0 spiro atoms. The van der Waals surface area contributed by atoms with Crippen LogP contribution in [0.5, 0.6) is 0 Å². The van der Waals surface area contributed by atoms with Crippen LogP contribution in [0.1, 0.15) is 35.1 Å².